The van der Waals surface area contributed by atoms with Crippen LogP contribution in [0.15, 0.2) is 0 Å². The average Bonchev–Trinajstić information content (AvgIpc) is 3.62. The van der Waals surface area contributed by atoms with E-state index < -0.39 is 0 Å². The Morgan fingerprint density at radius 3 is 1.69 bits per heavy atom. The number of carbonyl (C=O) groups is 2. The van der Waals surface area contributed by atoms with Crippen LogP contribution in [0.4, 0.5) is 0 Å². The molecule has 5 nitrogen and oxygen atoms in total. The van der Waals surface area contributed by atoms with Gasteiger partial charge >= 0.3 is 11.9 Å². The third kappa shape index (κ3) is 14.6. The van der Waals surface area contributed by atoms with Crippen molar-refractivity contribution in [1.82, 2.24) is 0 Å². The van der Waals surface area contributed by atoms with Crippen molar-refractivity contribution in [1.29, 1.82) is 0 Å². The quantitative estimate of drug-likeness (QED) is 0.215. The van der Waals surface area contributed by atoms with E-state index in [4.69, 9.17) is 9.47 Å². The minimum Gasteiger partial charge on any atom is -0.469 e. The fourth-order valence-corrected chi connectivity index (χ4v) is 5.71. The highest BCUT2D eigenvalue weighted by atomic mass is 79.9. The van der Waals surface area contributed by atoms with E-state index in [-0.39, 0.29) is 23.3 Å². The second-order valence-corrected chi connectivity index (χ2v) is 10.7. The SMILES string of the molecule is BrCCCBr.C1CCOC1.COC(=O)C1(CCCBr)CCCC1.COC(=O)C1CCCC1. The number of esters is 2. The van der Waals surface area contributed by atoms with E-state index >= 15 is 0 Å². The lowest BCUT2D eigenvalue weighted by Crippen LogP contribution is -2.29. The number of methoxy groups -OCH3 is 2. The molecule has 0 radical (unpaired) electrons. The first-order chi connectivity index (χ1) is 15.5. The van der Waals surface area contributed by atoms with Gasteiger partial charge in [-0.05, 0) is 57.8 Å². The summed E-state index contributed by atoms with van der Waals surface area (Å²) in [6.45, 7) is 2.00. The number of rotatable bonds is 7. The molecule has 0 amide bonds. The van der Waals surface area contributed by atoms with Crippen LogP contribution in [0.5, 0.6) is 0 Å². The number of hydrogen-bond acceptors (Lipinski definition) is 5. The van der Waals surface area contributed by atoms with Crippen molar-refractivity contribution < 1.29 is 23.8 Å². The summed E-state index contributed by atoms with van der Waals surface area (Å²) >= 11 is 9.96. The number of carbonyl (C=O) groups excluding carboxylic acids is 2. The highest BCUT2D eigenvalue weighted by Crippen LogP contribution is 2.43. The predicted octanol–water partition coefficient (Wildman–Crippen LogP) is 7.21. The highest BCUT2D eigenvalue weighted by molar-refractivity contribution is 9.09. The molecule has 0 aromatic heterocycles. The van der Waals surface area contributed by atoms with Crippen LogP contribution in [-0.2, 0) is 23.8 Å². The molecule has 1 heterocycles. The van der Waals surface area contributed by atoms with Crippen molar-refractivity contribution in [2.24, 2.45) is 11.3 Å². The van der Waals surface area contributed by atoms with Crippen molar-refractivity contribution >= 4 is 59.7 Å². The number of alkyl halides is 3. The Kier molecular flexibility index (Phi) is 22.1. The molecule has 0 aromatic carbocycles. The number of halogens is 3. The summed E-state index contributed by atoms with van der Waals surface area (Å²) in [5.74, 6) is 0.202. The summed E-state index contributed by atoms with van der Waals surface area (Å²) in [7, 11) is 2.96. The first-order valence-electron chi connectivity index (χ1n) is 11.9. The molecule has 0 atom stereocenters. The first kappa shape index (κ1) is 32.3. The third-order valence-electron chi connectivity index (χ3n) is 5.95. The molecule has 3 rings (SSSR count). The van der Waals surface area contributed by atoms with E-state index in [0.717, 1.165) is 67.7 Å². The van der Waals surface area contributed by atoms with Gasteiger partial charge in [0.25, 0.3) is 0 Å². The Bertz CT molecular complexity index is 451. The second kappa shape index (κ2) is 21.8. The second-order valence-electron chi connectivity index (χ2n) is 8.33. The van der Waals surface area contributed by atoms with Crippen LogP contribution in [0.2, 0.25) is 0 Å². The van der Waals surface area contributed by atoms with E-state index in [9.17, 15) is 9.59 Å². The highest BCUT2D eigenvalue weighted by Gasteiger charge is 2.41. The zero-order chi connectivity index (χ0) is 24.1. The largest absolute Gasteiger partial charge is 0.469 e. The fraction of sp³-hybridized carbons (Fsp3) is 0.917. The molecule has 32 heavy (non-hydrogen) atoms. The summed E-state index contributed by atoms with van der Waals surface area (Å²) in [5, 5.41) is 3.20. The van der Waals surface area contributed by atoms with Crippen molar-refractivity contribution in [3.63, 3.8) is 0 Å². The lowest BCUT2D eigenvalue weighted by molar-refractivity contribution is -0.153. The molecular formula is C24H43Br3O5. The molecular weight excluding hydrogens is 608 g/mol. The molecule has 8 heteroatoms. The topological polar surface area (TPSA) is 61.8 Å². The molecule has 2 aliphatic carbocycles. The van der Waals surface area contributed by atoms with Crippen LogP contribution in [0, 0.1) is 11.3 Å². The summed E-state index contributed by atoms with van der Waals surface area (Å²) in [6, 6.07) is 0. The van der Waals surface area contributed by atoms with Crippen molar-refractivity contribution in [3.8, 4) is 0 Å². The zero-order valence-electron chi connectivity index (χ0n) is 20.0. The van der Waals surface area contributed by atoms with Gasteiger partial charge in [-0.15, -0.1) is 0 Å². The standard InChI is InChI=1S/C10H17BrO2.C7H12O2.C4H8O.C3H6Br2/c1-13-9(12)10(7-4-8-11)5-2-3-6-10;1-9-7(8)6-4-2-3-5-6;1-2-4-5-3-1;4-2-1-3-5/h2-8H2,1H3;6H,2-5H2,1H3;1-4H2;1-3H2. The smallest absolute Gasteiger partial charge is 0.311 e. The van der Waals surface area contributed by atoms with Gasteiger partial charge in [0, 0.05) is 29.2 Å². The lowest BCUT2D eigenvalue weighted by atomic mass is 9.82. The fourth-order valence-electron chi connectivity index (χ4n) is 4.12. The van der Waals surface area contributed by atoms with E-state index in [0.29, 0.717) is 0 Å². The van der Waals surface area contributed by atoms with Gasteiger partial charge in [0.2, 0.25) is 0 Å². The van der Waals surface area contributed by atoms with Crippen LogP contribution in [0.25, 0.3) is 0 Å². The van der Waals surface area contributed by atoms with Gasteiger partial charge in [0.05, 0.1) is 25.6 Å². The van der Waals surface area contributed by atoms with Crippen LogP contribution < -0.4 is 0 Å². The molecule has 0 bridgehead atoms. The molecule has 3 fully saturated rings. The summed E-state index contributed by atoms with van der Waals surface area (Å²) < 4.78 is 14.4. The average molecular weight is 651 g/mol. The van der Waals surface area contributed by atoms with Gasteiger partial charge < -0.3 is 14.2 Å². The van der Waals surface area contributed by atoms with Gasteiger partial charge in [-0.2, -0.15) is 0 Å². The summed E-state index contributed by atoms with van der Waals surface area (Å²) in [4.78, 5) is 22.4. The zero-order valence-corrected chi connectivity index (χ0v) is 24.7. The molecule has 0 unspecified atom stereocenters. The molecule has 0 N–H and O–H groups in total. The van der Waals surface area contributed by atoms with Crippen LogP contribution in [0.1, 0.15) is 83.5 Å². The minimum absolute atomic E-state index is 0.00551. The van der Waals surface area contributed by atoms with E-state index in [2.05, 4.69) is 52.5 Å². The lowest BCUT2D eigenvalue weighted by Gasteiger charge is -2.25. The maximum Gasteiger partial charge on any atom is 0.311 e. The molecule has 1 aliphatic heterocycles. The Morgan fingerprint density at radius 1 is 0.812 bits per heavy atom. The molecule has 1 saturated heterocycles. The van der Waals surface area contributed by atoms with Crippen LogP contribution in [-0.4, -0.2) is 55.4 Å². The Balaban J connectivity index is 0.000000437. The van der Waals surface area contributed by atoms with Crippen molar-refractivity contribution in [3.05, 3.63) is 0 Å². The van der Waals surface area contributed by atoms with E-state index in [1.165, 1.54) is 59.2 Å². The van der Waals surface area contributed by atoms with Gasteiger partial charge in [-0.1, -0.05) is 73.5 Å². The Morgan fingerprint density at radius 2 is 1.34 bits per heavy atom. The van der Waals surface area contributed by atoms with Gasteiger partial charge in [0.1, 0.15) is 0 Å². The molecule has 0 aromatic rings. The van der Waals surface area contributed by atoms with E-state index in [1.807, 2.05) is 0 Å². The minimum atomic E-state index is -0.136. The number of hydrogen-bond donors (Lipinski definition) is 0. The summed E-state index contributed by atoms with van der Waals surface area (Å²) in [6.07, 6.45) is 14.7. The normalized spacial score (nSPS) is 18.9. The van der Waals surface area contributed by atoms with Crippen LogP contribution in [0.3, 0.4) is 0 Å². The maximum atomic E-state index is 11.6. The number of ether oxygens (including phenoxy) is 3. The van der Waals surface area contributed by atoms with Crippen molar-refractivity contribution in [2.45, 2.75) is 83.5 Å². The molecule has 0 spiro atoms. The predicted molar refractivity (Wildman–Crippen MR) is 142 cm³/mol. The maximum absolute atomic E-state index is 11.6. The Labute approximate surface area is 220 Å². The van der Waals surface area contributed by atoms with Crippen molar-refractivity contribution in [2.75, 3.05) is 43.4 Å². The Hall–Kier alpha value is 0.340. The van der Waals surface area contributed by atoms with E-state index in [1.54, 1.807) is 0 Å². The third-order valence-corrected chi connectivity index (χ3v) is 7.63. The molecule has 190 valence electrons. The molecule has 3 aliphatic rings. The first-order valence-corrected chi connectivity index (χ1v) is 15.3. The van der Waals surface area contributed by atoms with Gasteiger partial charge in [-0.3, -0.25) is 9.59 Å². The van der Waals surface area contributed by atoms with Crippen LogP contribution >= 0.6 is 47.8 Å². The van der Waals surface area contributed by atoms with Gasteiger partial charge in [-0.25, -0.2) is 0 Å². The van der Waals surface area contributed by atoms with Gasteiger partial charge in [0.15, 0.2) is 0 Å². The molecule has 2 saturated carbocycles. The monoisotopic (exact) mass is 648 g/mol. The summed E-state index contributed by atoms with van der Waals surface area (Å²) in [5.41, 5.74) is -0.136.